The third-order valence-corrected chi connectivity index (χ3v) is 3.20. The molecule has 1 nitrogen and oxygen atoms in total. The minimum Gasteiger partial charge on any atom is -0.246 e. The predicted molar refractivity (Wildman–Crippen MR) is 68.8 cm³/mol. The number of nitrogens with zero attached hydrogens (tertiary/aromatic N) is 1. The summed E-state index contributed by atoms with van der Waals surface area (Å²) in [6.07, 6.45) is 0.0820. The van der Waals surface area contributed by atoms with Crippen LogP contribution in [0.3, 0.4) is 0 Å². The summed E-state index contributed by atoms with van der Waals surface area (Å²) < 4.78 is 38.6. The molecular formula is C13H11BrF3N. The summed E-state index contributed by atoms with van der Waals surface area (Å²) in [5.74, 6) is 0. The Morgan fingerprint density at radius 2 is 2.00 bits per heavy atom. The van der Waals surface area contributed by atoms with E-state index in [4.69, 9.17) is 0 Å². The van der Waals surface area contributed by atoms with Crippen molar-refractivity contribution in [3.63, 3.8) is 0 Å². The quantitative estimate of drug-likeness (QED) is 0.652. The molecule has 5 heteroatoms. The molecule has 0 amide bonds. The van der Waals surface area contributed by atoms with Crippen molar-refractivity contribution in [3.05, 3.63) is 46.1 Å². The molecule has 1 aliphatic rings. The van der Waals surface area contributed by atoms with Gasteiger partial charge in [0, 0.05) is 5.71 Å². The molecule has 2 rings (SSSR count). The van der Waals surface area contributed by atoms with E-state index in [0.717, 1.165) is 25.0 Å². The molecule has 0 saturated heterocycles. The molecule has 0 fully saturated rings. The van der Waals surface area contributed by atoms with E-state index in [1.807, 2.05) is 6.08 Å². The molecule has 1 aliphatic heterocycles. The van der Waals surface area contributed by atoms with Crippen LogP contribution in [0.2, 0.25) is 0 Å². The number of aliphatic imine (C=N–C) groups is 1. The molecule has 1 aromatic rings. The minimum absolute atomic E-state index is 0.539. The lowest BCUT2D eigenvalue weighted by Crippen LogP contribution is -2.07. The van der Waals surface area contributed by atoms with Gasteiger partial charge in [-0.1, -0.05) is 18.2 Å². The molecular weight excluding hydrogens is 307 g/mol. The van der Waals surface area contributed by atoms with Crippen molar-refractivity contribution in [1.82, 2.24) is 0 Å². The Morgan fingerprint density at radius 3 is 2.72 bits per heavy atom. The van der Waals surface area contributed by atoms with Gasteiger partial charge >= 0.3 is 6.18 Å². The topological polar surface area (TPSA) is 12.4 Å². The monoisotopic (exact) mass is 317 g/mol. The van der Waals surface area contributed by atoms with Crippen LogP contribution in [-0.4, -0.2) is 5.71 Å². The highest BCUT2D eigenvalue weighted by molar-refractivity contribution is 9.11. The highest BCUT2D eigenvalue weighted by Crippen LogP contribution is 2.30. The van der Waals surface area contributed by atoms with Crippen LogP contribution in [0, 0.1) is 0 Å². The zero-order chi connectivity index (χ0) is 13.2. The van der Waals surface area contributed by atoms with Crippen molar-refractivity contribution in [3.8, 4) is 0 Å². The van der Waals surface area contributed by atoms with Gasteiger partial charge in [-0.3, -0.25) is 0 Å². The third kappa shape index (κ3) is 3.22. The summed E-state index contributed by atoms with van der Waals surface area (Å²) >= 11 is 3.29. The predicted octanol–water partition coefficient (Wildman–Crippen LogP) is 4.91. The van der Waals surface area contributed by atoms with Crippen molar-refractivity contribution in [2.75, 3.05) is 0 Å². The second-order valence-electron chi connectivity index (χ2n) is 4.06. The first-order valence-corrected chi connectivity index (χ1v) is 6.37. The minimum atomic E-state index is -4.31. The van der Waals surface area contributed by atoms with Gasteiger partial charge in [0.15, 0.2) is 0 Å². The van der Waals surface area contributed by atoms with Crippen LogP contribution in [0.25, 0.3) is 0 Å². The van der Waals surface area contributed by atoms with Gasteiger partial charge in [-0.25, -0.2) is 4.99 Å². The lowest BCUT2D eigenvalue weighted by Gasteiger charge is -2.09. The Hall–Kier alpha value is -1.10. The maximum Gasteiger partial charge on any atom is 0.416 e. The van der Waals surface area contributed by atoms with Crippen molar-refractivity contribution < 1.29 is 13.2 Å². The Labute approximate surface area is 112 Å². The van der Waals surface area contributed by atoms with Crippen LogP contribution in [0.1, 0.15) is 30.4 Å². The first-order valence-electron chi connectivity index (χ1n) is 5.57. The largest absolute Gasteiger partial charge is 0.416 e. The summed E-state index contributed by atoms with van der Waals surface area (Å²) in [6, 6.07) is 5.32. The van der Waals surface area contributed by atoms with Crippen LogP contribution in [0.15, 0.2) is 39.9 Å². The van der Waals surface area contributed by atoms with Crippen molar-refractivity contribution >= 4 is 21.6 Å². The van der Waals surface area contributed by atoms with Gasteiger partial charge in [0.05, 0.1) is 5.56 Å². The van der Waals surface area contributed by atoms with E-state index in [9.17, 15) is 13.2 Å². The molecule has 0 unspecified atom stereocenters. The average molecular weight is 318 g/mol. The van der Waals surface area contributed by atoms with E-state index in [1.165, 1.54) is 6.07 Å². The summed E-state index contributed by atoms with van der Waals surface area (Å²) in [5, 5.41) is 0. The SMILES string of the molecule is FC(F)(F)c1cccc(C2=NC(Br)=CCCC2)c1. The van der Waals surface area contributed by atoms with Crippen LogP contribution < -0.4 is 0 Å². The van der Waals surface area contributed by atoms with Gasteiger partial charge in [-0.15, -0.1) is 0 Å². The normalized spacial score (nSPS) is 16.9. The maximum atomic E-state index is 12.6. The second-order valence-corrected chi connectivity index (χ2v) is 4.87. The Kier molecular flexibility index (Phi) is 3.90. The third-order valence-electron chi connectivity index (χ3n) is 2.70. The molecule has 0 aliphatic carbocycles. The fraction of sp³-hybridized carbons (Fsp3) is 0.308. The number of allylic oxidation sites excluding steroid dienone is 1. The van der Waals surface area contributed by atoms with Gasteiger partial charge in [-0.05, 0) is 52.9 Å². The van der Waals surface area contributed by atoms with Crippen LogP contribution in [0.4, 0.5) is 13.2 Å². The molecule has 0 spiro atoms. The van der Waals surface area contributed by atoms with Gasteiger partial charge < -0.3 is 0 Å². The molecule has 0 bridgehead atoms. The van der Waals surface area contributed by atoms with E-state index >= 15 is 0 Å². The molecule has 0 aromatic heterocycles. The van der Waals surface area contributed by atoms with Crippen LogP contribution >= 0.6 is 15.9 Å². The van der Waals surface area contributed by atoms with Gasteiger partial charge in [0.2, 0.25) is 0 Å². The lowest BCUT2D eigenvalue weighted by atomic mass is 10.0. The molecule has 0 N–H and O–H groups in total. The number of halogens is 4. The highest BCUT2D eigenvalue weighted by atomic mass is 79.9. The molecule has 1 heterocycles. The Balaban J connectivity index is 2.37. The smallest absolute Gasteiger partial charge is 0.246 e. The van der Waals surface area contributed by atoms with Gasteiger partial charge in [-0.2, -0.15) is 13.2 Å². The molecule has 96 valence electrons. The summed E-state index contributed by atoms with van der Waals surface area (Å²) in [7, 11) is 0. The van der Waals surface area contributed by atoms with E-state index in [-0.39, 0.29) is 0 Å². The van der Waals surface area contributed by atoms with Crippen molar-refractivity contribution in [1.29, 1.82) is 0 Å². The maximum absolute atomic E-state index is 12.6. The zero-order valence-corrected chi connectivity index (χ0v) is 11.1. The fourth-order valence-electron chi connectivity index (χ4n) is 1.81. The number of rotatable bonds is 1. The molecule has 18 heavy (non-hydrogen) atoms. The fourth-order valence-corrected chi connectivity index (χ4v) is 2.25. The standard InChI is InChI=1S/C13H11BrF3N/c14-12-7-2-1-6-11(18-12)9-4-3-5-10(8-9)13(15,16)17/h3-5,7-8H,1-2,6H2. The van der Waals surface area contributed by atoms with E-state index < -0.39 is 11.7 Å². The molecule has 0 atom stereocenters. The summed E-state index contributed by atoms with van der Waals surface area (Å²) in [6.45, 7) is 0. The Morgan fingerprint density at radius 1 is 1.22 bits per heavy atom. The van der Waals surface area contributed by atoms with E-state index in [1.54, 1.807) is 6.07 Å². The van der Waals surface area contributed by atoms with Crippen molar-refractivity contribution in [2.45, 2.75) is 25.4 Å². The number of alkyl halides is 3. The second kappa shape index (κ2) is 5.26. The van der Waals surface area contributed by atoms with Gasteiger partial charge in [0.25, 0.3) is 0 Å². The van der Waals surface area contributed by atoms with Crippen LogP contribution in [0.5, 0.6) is 0 Å². The zero-order valence-electron chi connectivity index (χ0n) is 9.47. The lowest BCUT2D eigenvalue weighted by molar-refractivity contribution is -0.137. The first-order chi connectivity index (χ1) is 8.47. The Bertz CT molecular complexity index is 503. The van der Waals surface area contributed by atoms with E-state index in [2.05, 4.69) is 20.9 Å². The molecule has 1 aromatic carbocycles. The summed E-state index contributed by atoms with van der Waals surface area (Å²) in [4.78, 5) is 4.30. The highest BCUT2D eigenvalue weighted by Gasteiger charge is 2.30. The molecule has 0 saturated carbocycles. The van der Waals surface area contributed by atoms with Gasteiger partial charge in [0.1, 0.15) is 4.61 Å². The average Bonchev–Trinajstić information content (AvgIpc) is 2.53. The van der Waals surface area contributed by atoms with Crippen molar-refractivity contribution in [2.24, 2.45) is 4.99 Å². The summed E-state index contributed by atoms with van der Waals surface area (Å²) in [5.41, 5.74) is 0.603. The van der Waals surface area contributed by atoms with Crippen LogP contribution in [-0.2, 0) is 6.18 Å². The number of hydrogen-bond acceptors (Lipinski definition) is 1. The van der Waals surface area contributed by atoms with E-state index in [0.29, 0.717) is 22.3 Å². The molecule has 0 radical (unpaired) electrons. The number of hydrogen-bond donors (Lipinski definition) is 0. The number of benzene rings is 1. The first kappa shape index (κ1) is 13.3.